The molecule has 0 spiro atoms. The number of para-hydroxylation sites is 1. The first-order valence-corrected chi connectivity index (χ1v) is 5.92. The van der Waals surface area contributed by atoms with Crippen LogP contribution in [0.2, 0.25) is 0 Å². The zero-order chi connectivity index (χ0) is 13.1. The molecule has 1 aromatic carbocycles. The molecule has 5 heteroatoms. The molecule has 0 atom stereocenters. The van der Waals surface area contributed by atoms with Crippen molar-refractivity contribution in [2.45, 2.75) is 19.9 Å². The number of hydrogen-bond acceptors (Lipinski definition) is 3. The lowest BCUT2D eigenvalue weighted by molar-refractivity contribution is -0.123. The fourth-order valence-corrected chi connectivity index (χ4v) is 1.78. The largest absolute Gasteiger partial charge is 0.466 e. The third-order valence-corrected chi connectivity index (χ3v) is 2.51. The van der Waals surface area contributed by atoms with Gasteiger partial charge in [-0.3, -0.25) is 9.48 Å². The van der Waals surface area contributed by atoms with E-state index in [1.54, 1.807) is 4.68 Å². The Hall–Kier alpha value is -2.04. The Bertz CT molecular complexity index is 560. The molecule has 0 aliphatic carbocycles. The summed E-state index contributed by atoms with van der Waals surface area (Å²) in [5.74, 6) is 0.353. The summed E-state index contributed by atoms with van der Waals surface area (Å²) >= 11 is 0. The summed E-state index contributed by atoms with van der Waals surface area (Å²) in [5, 5.41) is 7.94. The van der Waals surface area contributed by atoms with Gasteiger partial charge < -0.3 is 10.1 Å². The highest BCUT2D eigenvalue weighted by molar-refractivity contribution is 5.85. The third kappa shape index (κ3) is 2.61. The number of aryl methyl sites for hydroxylation is 1. The standard InChI is InChI=1S/C13H17N3O2/c1-9(2)14-12(17)8-18-13-10-6-4-5-7-11(10)16(3)15-13/h4-7,9H,8H2,1-3H3,(H,14,17). The fourth-order valence-electron chi connectivity index (χ4n) is 1.78. The average molecular weight is 247 g/mol. The maximum Gasteiger partial charge on any atom is 0.258 e. The van der Waals surface area contributed by atoms with Gasteiger partial charge in [0.25, 0.3) is 5.91 Å². The number of ether oxygens (including phenoxy) is 1. The van der Waals surface area contributed by atoms with Crippen LogP contribution in [0.1, 0.15) is 13.8 Å². The first-order valence-electron chi connectivity index (χ1n) is 5.92. The van der Waals surface area contributed by atoms with Crippen LogP contribution in [0.3, 0.4) is 0 Å². The van der Waals surface area contributed by atoms with Gasteiger partial charge in [-0.1, -0.05) is 12.1 Å². The molecule has 0 aliphatic rings. The molecule has 0 fully saturated rings. The molecule has 0 saturated carbocycles. The van der Waals surface area contributed by atoms with Gasteiger partial charge >= 0.3 is 0 Å². The van der Waals surface area contributed by atoms with E-state index in [9.17, 15) is 4.79 Å². The van der Waals surface area contributed by atoms with Crippen LogP contribution >= 0.6 is 0 Å². The minimum absolute atomic E-state index is 0.0147. The van der Waals surface area contributed by atoms with Crippen molar-refractivity contribution in [1.29, 1.82) is 0 Å². The van der Waals surface area contributed by atoms with Gasteiger partial charge in [-0.05, 0) is 26.0 Å². The van der Waals surface area contributed by atoms with E-state index < -0.39 is 0 Å². The zero-order valence-corrected chi connectivity index (χ0v) is 10.8. The number of aromatic nitrogens is 2. The molecule has 18 heavy (non-hydrogen) atoms. The van der Waals surface area contributed by atoms with E-state index in [-0.39, 0.29) is 18.6 Å². The van der Waals surface area contributed by atoms with Crippen LogP contribution < -0.4 is 10.1 Å². The van der Waals surface area contributed by atoms with Crippen LogP contribution in [0.5, 0.6) is 5.88 Å². The second-order valence-corrected chi connectivity index (χ2v) is 4.46. The number of nitrogens with zero attached hydrogens (tertiary/aromatic N) is 2. The molecular weight excluding hydrogens is 230 g/mol. The van der Waals surface area contributed by atoms with E-state index in [1.807, 2.05) is 45.2 Å². The Morgan fingerprint density at radius 1 is 1.44 bits per heavy atom. The van der Waals surface area contributed by atoms with Crippen molar-refractivity contribution in [2.75, 3.05) is 6.61 Å². The van der Waals surface area contributed by atoms with E-state index in [4.69, 9.17) is 4.74 Å². The highest BCUT2D eigenvalue weighted by atomic mass is 16.5. The second kappa shape index (κ2) is 5.08. The molecular formula is C13H17N3O2. The number of amides is 1. The molecule has 1 amide bonds. The molecule has 0 unspecified atom stereocenters. The Morgan fingerprint density at radius 3 is 2.89 bits per heavy atom. The molecule has 2 aromatic rings. The maximum atomic E-state index is 11.5. The van der Waals surface area contributed by atoms with Crippen LogP contribution in [0.25, 0.3) is 10.9 Å². The topological polar surface area (TPSA) is 56.1 Å². The lowest BCUT2D eigenvalue weighted by Gasteiger charge is -2.08. The number of benzene rings is 1. The lowest BCUT2D eigenvalue weighted by Crippen LogP contribution is -2.34. The van der Waals surface area contributed by atoms with E-state index in [0.717, 1.165) is 10.9 Å². The molecule has 1 heterocycles. The summed E-state index contributed by atoms with van der Waals surface area (Å²) in [6.07, 6.45) is 0. The van der Waals surface area contributed by atoms with Gasteiger partial charge in [0.05, 0.1) is 10.9 Å². The van der Waals surface area contributed by atoms with Crippen LogP contribution in [-0.4, -0.2) is 28.3 Å². The molecule has 0 saturated heterocycles. The van der Waals surface area contributed by atoms with Crippen molar-refractivity contribution in [1.82, 2.24) is 15.1 Å². The number of carbonyl (C=O) groups is 1. The highest BCUT2D eigenvalue weighted by Gasteiger charge is 2.11. The van der Waals surface area contributed by atoms with Crippen LogP contribution in [0.4, 0.5) is 0 Å². The molecule has 2 rings (SSSR count). The van der Waals surface area contributed by atoms with Crippen molar-refractivity contribution < 1.29 is 9.53 Å². The van der Waals surface area contributed by atoms with Crippen LogP contribution in [0.15, 0.2) is 24.3 Å². The predicted molar refractivity (Wildman–Crippen MR) is 69.5 cm³/mol. The van der Waals surface area contributed by atoms with Gasteiger partial charge in [-0.25, -0.2) is 0 Å². The van der Waals surface area contributed by atoms with E-state index in [0.29, 0.717) is 5.88 Å². The Morgan fingerprint density at radius 2 is 2.17 bits per heavy atom. The molecule has 96 valence electrons. The number of hydrogen-bond donors (Lipinski definition) is 1. The van der Waals surface area contributed by atoms with Crippen LogP contribution in [-0.2, 0) is 11.8 Å². The number of carbonyl (C=O) groups excluding carboxylic acids is 1. The van der Waals surface area contributed by atoms with Crippen molar-refractivity contribution in [2.24, 2.45) is 7.05 Å². The van der Waals surface area contributed by atoms with E-state index >= 15 is 0 Å². The number of nitrogens with one attached hydrogen (secondary N) is 1. The lowest BCUT2D eigenvalue weighted by atomic mass is 10.2. The Kier molecular flexibility index (Phi) is 3.50. The maximum absolute atomic E-state index is 11.5. The van der Waals surface area contributed by atoms with E-state index in [1.165, 1.54) is 0 Å². The first-order chi connectivity index (χ1) is 8.58. The van der Waals surface area contributed by atoms with Gasteiger partial charge in [-0.15, -0.1) is 5.10 Å². The zero-order valence-electron chi connectivity index (χ0n) is 10.8. The van der Waals surface area contributed by atoms with E-state index in [2.05, 4.69) is 10.4 Å². The van der Waals surface area contributed by atoms with Crippen molar-refractivity contribution in [3.05, 3.63) is 24.3 Å². The summed E-state index contributed by atoms with van der Waals surface area (Å²) in [6.45, 7) is 3.81. The summed E-state index contributed by atoms with van der Waals surface area (Å²) in [6, 6.07) is 7.87. The summed E-state index contributed by atoms with van der Waals surface area (Å²) in [7, 11) is 1.85. The summed E-state index contributed by atoms with van der Waals surface area (Å²) < 4.78 is 7.20. The Balaban J connectivity index is 2.10. The molecule has 1 aromatic heterocycles. The number of rotatable bonds is 4. The van der Waals surface area contributed by atoms with Gasteiger partial charge in [0.15, 0.2) is 6.61 Å². The minimum Gasteiger partial charge on any atom is -0.466 e. The minimum atomic E-state index is -0.139. The first kappa shape index (κ1) is 12.4. The normalized spacial score (nSPS) is 10.9. The van der Waals surface area contributed by atoms with Crippen molar-refractivity contribution >= 4 is 16.8 Å². The Labute approximate surface area is 106 Å². The predicted octanol–water partition coefficient (Wildman–Crippen LogP) is 1.48. The highest BCUT2D eigenvalue weighted by Crippen LogP contribution is 2.23. The van der Waals surface area contributed by atoms with Crippen molar-refractivity contribution in [3.8, 4) is 5.88 Å². The molecule has 1 N–H and O–H groups in total. The quantitative estimate of drug-likeness (QED) is 0.890. The molecule has 0 aliphatic heterocycles. The summed E-state index contributed by atoms with van der Waals surface area (Å²) in [5.41, 5.74) is 0.983. The molecule has 5 nitrogen and oxygen atoms in total. The SMILES string of the molecule is CC(C)NC(=O)COc1nn(C)c2ccccc12. The molecule has 0 bridgehead atoms. The van der Waals surface area contributed by atoms with Crippen LogP contribution in [0, 0.1) is 0 Å². The smallest absolute Gasteiger partial charge is 0.258 e. The average Bonchev–Trinajstić information content (AvgIpc) is 2.64. The number of fused-ring (bicyclic) bond motifs is 1. The van der Waals surface area contributed by atoms with Gasteiger partial charge in [0.1, 0.15) is 0 Å². The van der Waals surface area contributed by atoms with Crippen molar-refractivity contribution in [3.63, 3.8) is 0 Å². The molecule has 0 radical (unpaired) electrons. The monoisotopic (exact) mass is 247 g/mol. The van der Waals surface area contributed by atoms with Gasteiger partial charge in [0.2, 0.25) is 5.88 Å². The van der Waals surface area contributed by atoms with Gasteiger partial charge in [-0.2, -0.15) is 0 Å². The summed E-state index contributed by atoms with van der Waals surface area (Å²) in [4.78, 5) is 11.5. The third-order valence-electron chi connectivity index (χ3n) is 2.51. The van der Waals surface area contributed by atoms with Gasteiger partial charge in [0, 0.05) is 13.1 Å². The fraction of sp³-hybridized carbons (Fsp3) is 0.385. The second-order valence-electron chi connectivity index (χ2n) is 4.46.